The molecule has 0 radical (unpaired) electrons. The molecule has 0 aliphatic carbocycles. The summed E-state index contributed by atoms with van der Waals surface area (Å²) in [4.78, 5) is 2.27. The van der Waals surface area contributed by atoms with Crippen LogP contribution in [-0.2, 0) is 0 Å². The molecule has 0 aromatic heterocycles. The molecule has 1 aromatic carbocycles. The smallest absolute Gasteiger partial charge is 0.403 e. The zero-order valence-corrected chi connectivity index (χ0v) is 16.3. The molecule has 0 spiro atoms. The number of unbranched alkanes of at least 4 members (excludes halogenated alkanes) is 2. The van der Waals surface area contributed by atoms with E-state index >= 15 is 0 Å². The number of nitrogens with one attached hydrogen (secondary N) is 1. The molecule has 26 heavy (non-hydrogen) atoms. The first-order chi connectivity index (χ1) is 11.4. The Kier molecular flexibility index (Phi) is 11.5. The van der Waals surface area contributed by atoms with Crippen LogP contribution in [-0.4, -0.2) is 37.4 Å². The first kappa shape index (κ1) is 25.2. The van der Waals surface area contributed by atoms with Crippen LogP contribution < -0.4 is 10.1 Å². The van der Waals surface area contributed by atoms with Crippen LogP contribution in [0.25, 0.3) is 0 Å². The largest absolute Gasteiger partial charge is 0.573 e. The fourth-order valence-corrected chi connectivity index (χ4v) is 3.07. The van der Waals surface area contributed by atoms with Gasteiger partial charge in [0.05, 0.1) is 0 Å². The highest BCUT2D eigenvalue weighted by Gasteiger charge is 2.32. The van der Waals surface area contributed by atoms with Crippen molar-refractivity contribution < 1.29 is 22.3 Å². The summed E-state index contributed by atoms with van der Waals surface area (Å²) in [7, 11) is 0. The lowest BCUT2D eigenvalue weighted by Crippen LogP contribution is -2.45. The van der Waals surface area contributed by atoms with Crippen LogP contribution in [0.1, 0.15) is 44.2 Å². The summed E-state index contributed by atoms with van der Waals surface area (Å²) in [5.41, 5.74) is 0.708. The minimum Gasteiger partial charge on any atom is -0.403 e. The van der Waals surface area contributed by atoms with Crippen molar-refractivity contribution in [3.05, 3.63) is 29.6 Å². The van der Waals surface area contributed by atoms with E-state index in [1.54, 1.807) is 6.07 Å². The molecule has 152 valence electrons. The van der Waals surface area contributed by atoms with E-state index in [9.17, 15) is 17.6 Å². The van der Waals surface area contributed by atoms with E-state index in [1.165, 1.54) is 6.07 Å². The van der Waals surface area contributed by atoms with Gasteiger partial charge in [0, 0.05) is 32.2 Å². The number of ether oxygens (including phenoxy) is 1. The van der Waals surface area contributed by atoms with Crippen molar-refractivity contribution >= 4 is 24.8 Å². The second-order valence-corrected chi connectivity index (χ2v) is 6.04. The van der Waals surface area contributed by atoms with E-state index in [-0.39, 0.29) is 30.9 Å². The van der Waals surface area contributed by atoms with Crippen LogP contribution in [0.2, 0.25) is 0 Å². The topological polar surface area (TPSA) is 24.5 Å². The number of halogens is 6. The number of hydrogen-bond acceptors (Lipinski definition) is 3. The Labute approximate surface area is 164 Å². The molecule has 1 aromatic rings. The predicted molar refractivity (Wildman–Crippen MR) is 98.9 cm³/mol. The van der Waals surface area contributed by atoms with Crippen LogP contribution >= 0.6 is 24.8 Å². The number of alkyl halides is 3. The fraction of sp³-hybridized carbons (Fsp3) is 0.647. The number of benzene rings is 1. The molecule has 0 saturated carbocycles. The first-order valence-corrected chi connectivity index (χ1v) is 8.40. The molecule has 1 saturated heterocycles. The first-order valence-electron chi connectivity index (χ1n) is 8.40. The van der Waals surface area contributed by atoms with Crippen molar-refractivity contribution in [3.63, 3.8) is 0 Å². The Hall–Kier alpha value is -0.760. The number of nitrogens with zero attached hydrogens (tertiary/aromatic N) is 1. The Morgan fingerprint density at radius 2 is 1.81 bits per heavy atom. The molecule has 1 atom stereocenters. The summed E-state index contributed by atoms with van der Waals surface area (Å²) < 4.78 is 54.6. The quantitative estimate of drug-likeness (QED) is 0.490. The average molecular weight is 421 g/mol. The highest BCUT2D eigenvalue weighted by atomic mass is 35.5. The fourth-order valence-electron chi connectivity index (χ4n) is 3.07. The summed E-state index contributed by atoms with van der Waals surface area (Å²) in [6, 6.07) is 3.82. The van der Waals surface area contributed by atoms with Gasteiger partial charge in [0.2, 0.25) is 0 Å². The van der Waals surface area contributed by atoms with Gasteiger partial charge < -0.3 is 10.1 Å². The Morgan fingerprint density at radius 1 is 1.15 bits per heavy atom. The van der Waals surface area contributed by atoms with Crippen molar-refractivity contribution in [2.75, 3.05) is 26.2 Å². The Morgan fingerprint density at radius 3 is 2.35 bits per heavy atom. The molecule has 1 aliphatic heterocycles. The highest BCUT2D eigenvalue weighted by Crippen LogP contribution is 2.32. The zero-order valence-electron chi connectivity index (χ0n) is 14.7. The Bertz CT molecular complexity index is 526. The molecule has 3 nitrogen and oxygen atoms in total. The third-order valence-corrected chi connectivity index (χ3v) is 4.24. The van der Waals surface area contributed by atoms with Crippen LogP contribution in [0, 0.1) is 5.82 Å². The van der Waals surface area contributed by atoms with Crippen LogP contribution in [0.5, 0.6) is 5.75 Å². The molecule has 0 bridgehead atoms. The van der Waals surface area contributed by atoms with Crippen LogP contribution in [0.3, 0.4) is 0 Å². The van der Waals surface area contributed by atoms with E-state index in [0.717, 1.165) is 57.9 Å². The van der Waals surface area contributed by atoms with Gasteiger partial charge in [-0.25, -0.2) is 4.39 Å². The summed E-state index contributed by atoms with van der Waals surface area (Å²) in [6.45, 7) is 5.53. The molecule has 1 fully saturated rings. The maximum Gasteiger partial charge on any atom is 0.573 e. The normalized spacial score (nSPS) is 16.3. The molecule has 9 heteroatoms. The van der Waals surface area contributed by atoms with Gasteiger partial charge in [0.15, 0.2) is 11.6 Å². The molecular formula is C17H26Cl2F4N2O. The van der Waals surface area contributed by atoms with Gasteiger partial charge in [-0.2, -0.15) is 0 Å². The van der Waals surface area contributed by atoms with Gasteiger partial charge in [-0.05, 0) is 24.1 Å². The lowest BCUT2D eigenvalue weighted by atomic mass is 9.98. The third kappa shape index (κ3) is 7.86. The predicted octanol–water partition coefficient (Wildman–Crippen LogP) is 5.09. The van der Waals surface area contributed by atoms with Gasteiger partial charge in [0.1, 0.15) is 0 Å². The lowest BCUT2D eigenvalue weighted by molar-refractivity contribution is -0.275. The van der Waals surface area contributed by atoms with Gasteiger partial charge in [-0.3, -0.25) is 4.90 Å². The zero-order chi connectivity index (χ0) is 17.6. The monoisotopic (exact) mass is 420 g/mol. The van der Waals surface area contributed by atoms with Gasteiger partial charge in [-0.1, -0.05) is 32.3 Å². The molecular weight excluding hydrogens is 395 g/mol. The average Bonchev–Trinajstić information content (AvgIpc) is 2.53. The number of hydrogen-bond donors (Lipinski definition) is 1. The van der Waals surface area contributed by atoms with E-state index in [0.29, 0.717) is 5.56 Å². The van der Waals surface area contributed by atoms with Crippen molar-refractivity contribution in [1.82, 2.24) is 10.2 Å². The van der Waals surface area contributed by atoms with Crippen LogP contribution in [0.15, 0.2) is 18.2 Å². The van der Waals surface area contributed by atoms with E-state index in [2.05, 4.69) is 21.9 Å². The van der Waals surface area contributed by atoms with Gasteiger partial charge >= 0.3 is 6.36 Å². The second kappa shape index (κ2) is 11.8. The summed E-state index contributed by atoms with van der Waals surface area (Å²) in [6.07, 6.45) is -0.844. The standard InChI is InChI=1S/C17H24F4N2O.2ClH/c1-2-3-4-5-15(23-10-8-22-9-11-23)13-6-7-16(14(18)12-13)24-17(19,20)21;;/h6-7,12,15,22H,2-5,8-11H2,1H3;2*1H/t15-;;/m0../s1. The molecule has 1 N–H and O–H groups in total. The number of rotatable bonds is 7. The van der Waals surface area contributed by atoms with Crippen molar-refractivity contribution in [3.8, 4) is 5.75 Å². The van der Waals surface area contributed by atoms with E-state index in [4.69, 9.17) is 0 Å². The summed E-state index contributed by atoms with van der Waals surface area (Å²) >= 11 is 0. The highest BCUT2D eigenvalue weighted by molar-refractivity contribution is 5.85. The van der Waals surface area contributed by atoms with Crippen LogP contribution in [0.4, 0.5) is 17.6 Å². The molecule has 0 amide bonds. The summed E-state index contributed by atoms with van der Waals surface area (Å²) in [5, 5.41) is 3.27. The molecule has 1 heterocycles. The number of piperazine rings is 1. The van der Waals surface area contributed by atoms with E-state index in [1.807, 2.05) is 0 Å². The van der Waals surface area contributed by atoms with Crippen molar-refractivity contribution in [2.24, 2.45) is 0 Å². The minimum atomic E-state index is -4.89. The summed E-state index contributed by atoms with van der Waals surface area (Å²) in [5.74, 6) is -1.75. The molecule has 1 aliphatic rings. The second-order valence-electron chi connectivity index (χ2n) is 6.04. The SMILES string of the molecule is CCCCC[C@@H](c1ccc(OC(F)(F)F)c(F)c1)N1CCNCC1.Cl.Cl. The van der Waals surface area contributed by atoms with Gasteiger partial charge in [-0.15, -0.1) is 38.0 Å². The maximum atomic E-state index is 14.0. The minimum absolute atomic E-state index is 0. The molecule has 2 rings (SSSR count). The molecule has 0 unspecified atom stereocenters. The Balaban J connectivity index is 0.00000312. The van der Waals surface area contributed by atoms with Gasteiger partial charge in [0.25, 0.3) is 0 Å². The van der Waals surface area contributed by atoms with Crippen molar-refractivity contribution in [1.29, 1.82) is 0 Å². The van der Waals surface area contributed by atoms with E-state index < -0.39 is 17.9 Å². The maximum absolute atomic E-state index is 14.0. The van der Waals surface area contributed by atoms with Crippen molar-refractivity contribution in [2.45, 2.75) is 45.0 Å². The third-order valence-electron chi connectivity index (χ3n) is 4.24. The lowest BCUT2D eigenvalue weighted by Gasteiger charge is -2.35.